The van der Waals surface area contributed by atoms with Gasteiger partial charge in [0.05, 0.1) is 10.5 Å². The van der Waals surface area contributed by atoms with Gasteiger partial charge in [0.2, 0.25) is 0 Å². The first kappa shape index (κ1) is 11.2. The summed E-state index contributed by atoms with van der Waals surface area (Å²) in [4.78, 5) is 20.9. The molecule has 0 bridgehead atoms. The van der Waals surface area contributed by atoms with Crippen molar-refractivity contribution in [2.75, 3.05) is 0 Å². The van der Waals surface area contributed by atoms with Crippen molar-refractivity contribution >= 4 is 11.7 Å². The number of carbonyl (C=O) groups is 1. The molecular formula is C10H11NO4. The SMILES string of the molecule is CC(C)c1cc(C(=O)O)ccc1[N+](=O)[O-]. The van der Waals surface area contributed by atoms with Crippen molar-refractivity contribution < 1.29 is 14.8 Å². The van der Waals surface area contributed by atoms with E-state index in [-0.39, 0.29) is 17.2 Å². The topological polar surface area (TPSA) is 80.4 Å². The largest absolute Gasteiger partial charge is 0.478 e. The van der Waals surface area contributed by atoms with Gasteiger partial charge in [0.25, 0.3) is 5.69 Å². The molecule has 1 rings (SSSR count). The number of nitro benzene ring substituents is 1. The summed E-state index contributed by atoms with van der Waals surface area (Å²) < 4.78 is 0. The van der Waals surface area contributed by atoms with E-state index in [0.29, 0.717) is 5.56 Å². The van der Waals surface area contributed by atoms with Crippen LogP contribution in [-0.2, 0) is 0 Å². The maximum atomic E-state index is 10.7. The summed E-state index contributed by atoms with van der Waals surface area (Å²) in [5.74, 6) is -1.16. The number of rotatable bonds is 3. The quantitative estimate of drug-likeness (QED) is 0.612. The molecule has 15 heavy (non-hydrogen) atoms. The minimum absolute atomic E-state index is 0.0324. The van der Waals surface area contributed by atoms with Crippen LogP contribution in [0.5, 0.6) is 0 Å². The molecule has 1 N–H and O–H groups in total. The zero-order chi connectivity index (χ0) is 11.6. The number of hydrogen-bond donors (Lipinski definition) is 1. The molecule has 5 nitrogen and oxygen atoms in total. The molecule has 0 spiro atoms. The van der Waals surface area contributed by atoms with Gasteiger partial charge in [-0.25, -0.2) is 4.79 Å². The molecule has 0 aliphatic rings. The van der Waals surface area contributed by atoms with Crippen molar-refractivity contribution in [3.8, 4) is 0 Å². The predicted molar refractivity (Wildman–Crippen MR) is 54.1 cm³/mol. The van der Waals surface area contributed by atoms with E-state index in [4.69, 9.17) is 5.11 Å². The summed E-state index contributed by atoms with van der Waals surface area (Å²) in [5.41, 5.74) is 0.485. The van der Waals surface area contributed by atoms with Crippen LogP contribution < -0.4 is 0 Å². The Hall–Kier alpha value is -1.91. The van der Waals surface area contributed by atoms with E-state index in [1.807, 2.05) is 0 Å². The van der Waals surface area contributed by atoms with Crippen molar-refractivity contribution in [1.82, 2.24) is 0 Å². The molecule has 0 unspecified atom stereocenters. The van der Waals surface area contributed by atoms with Crippen LogP contribution in [0, 0.1) is 10.1 Å². The van der Waals surface area contributed by atoms with E-state index >= 15 is 0 Å². The number of hydrogen-bond acceptors (Lipinski definition) is 3. The van der Waals surface area contributed by atoms with Gasteiger partial charge in [-0.3, -0.25) is 10.1 Å². The average molecular weight is 209 g/mol. The van der Waals surface area contributed by atoms with Crippen molar-refractivity contribution in [2.24, 2.45) is 0 Å². The van der Waals surface area contributed by atoms with Crippen molar-refractivity contribution in [3.63, 3.8) is 0 Å². The summed E-state index contributed by atoms with van der Waals surface area (Å²) in [6, 6.07) is 3.83. The van der Waals surface area contributed by atoms with Crippen molar-refractivity contribution in [3.05, 3.63) is 39.4 Å². The maximum absolute atomic E-state index is 10.7. The monoisotopic (exact) mass is 209 g/mol. The number of carboxylic acids is 1. The zero-order valence-corrected chi connectivity index (χ0v) is 8.43. The van der Waals surface area contributed by atoms with Gasteiger partial charge in [0, 0.05) is 11.6 Å². The molecule has 0 saturated heterocycles. The predicted octanol–water partition coefficient (Wildman–Crippen LogP) is 2.42. The van der Waals surface area contributed by atoms with Gasteiger partial charge in [-0.05, 0) is 18.1 Å². The minimum atomic E-state index is -1.08. The molecule has 0 amide bonds. The molecule has 0 saturated carbocycles. The highest BCUT2D eigenvalue weighted by atomic mass is 16.6. The Morgan fingerprint density at radius 2 is 2.07 bits per heavy atom. The molecule has 0 aliphatic carbocycles. The van der Waals surface area contributed by atoms with Crippen LogP contribution in [0.2, 0.25) is 0 Å². The fourth-order valence-electron chi connectivity index (χ4n) is 1.32. The Balaban J connectivity index is 3.33. The van der Waals surface area contributed by atoms with Gasteiger partial charge in [0.15, 0.2) is 0 Å². The van der Waals surface area contributed by atoms with Crippen molar-refractivity contribution in [2.45, 2.75) is 19.8 Å². The lowest BCUT2D eigenvalue weighted by Crippen LogP contribution is -2.02. The first-order valence-corrected chi connectivity index (χ1v) is 4.45. The van der Waals surface area contributed by atoms with E-state index in [9.17, 15) is 14.9 Å². The van der Waals surface area contributed by atoms with Gasteiger partial charge in [-0.15, -0.1) is 0 Å². The van der Waals surface area contributed by atoms with Crippen LogP contribution in [0.3, 0.4) is 0 Å². The van der Waals surface area contributed by atoms with E-state index < -0.39 is 10.9 Å². The Kier molecular flexibility index (Phi) is 3.04. The van der Waals surface area contributed by atoms with E-state index in [0.717, 1.165) is 0 Å². The third-order valence-corrected chi connectivity index (χ3v) is 2.09. The third kappa shape index (κ3) is 2.31. The lowest BCUT2D eigenvalue weighted by Gasteiger charge is -2.06. The first-order valence-electron chi connectivity index (χ1n) is 4.45. The van der Waals surface area contributed by atoms with Crippen LogP contribution in [0.4, 0.5) is 5.69 Å². The fraction of sp³-hybridized carbons (Fsp3) is 0.300. The summed E-state index contributed by atoms with van der Waals surface area (Å²) in [5, 5.41) is 19.4. The van der Waals surface area contributed by atoms with E-state index in [1.54, 1.807) is 13.8 Å². The molecular weight excluding hydrogens is 198 g/mol. The molecule has 0 fully saturated rings. The van der Waals surface area contributed by atoms with Crippen molar-refractivity contribution in [1.29, 1.82) is 0 Å². The summed E-state index contributed by atoms with van der Waals surface area (Å²) >= 11 is 0. The molecule has 80 valence electrons. The molecule has 5 heteroatoms. The van der Waals surface area contributed by atoms with Crippen LogP contribution in [0.1, 0.15) is 35.7 Å². The summed E-state index contributed by atoms with van der Waals surface area (Å²) in [6.45, 7) is 3.57. The highest BCUT2D eigenvalue weighted by Gasteiger charge is 2.18. The highest BCUT2D eigenvalue weighted by molar-refractivity contribution is 5.88. The van der Waals surface area contributed by atoms with Crippen LogP contribution in [0.15, 0.2) is 18.2 Å². The summed E-state index contributed by atoms with van der Waals surface area (Å²) in [6.07, 6.45) is 0. The van der Waals surface area contributed by atoms with Gasteiger partial charge in [-0.1, -0.05) is 13.8 Å². The second-order valence-corrected chi connectivity index (χ2v) is 3.49. The minimum Gasteiger partial charge on any atom is -0.478 e. The Morgan fingerprint density at radius 3 is 2.47 bits per heavy atom. The standard InChI is InChI=1S/C10H11NO4/c1-6(2)8-5-7(10(12)13)3-4-9(8)11(14)15/h3-6H,1-2H3,(H,12,13). The number of carboxylic acid groups (broad SMARTS) is 1. The lowest BCUT2D eigenvalue weighted by atomic mass is 9.99. The molecule has 1 aromatic carbocycles. The summed E-state index contributed by atoms with van der Waals surface area (Å²) in [7, 11) is 0. The smallest absolute Gasteiger partial charge is 0.335 e. The second-order valence-electron chi connectivity index (χ2n) is 3.49. The number of nitrogens with zero attached hydrogens (tertiary/aromatic N) is 1. The Bertz CT molecular complexity index is 412. The Morgan fingerprint density at radius 1 is 1.47 bits per heavy atom. The van der Waals surface area contributed by atoms with Gasteiger partial charge in [0.1, 0.15) is 0 Å². The van der Waals surface area contributed by atoms with Gasteiger partial charge in [-0.2, -0.15) is 0 Å². The van der Waals surface area contributed by atoms with Crippen LogP contribution in [-0.4, -0.2) is 16.0 Å². The number of nitro groups is 1. The fourth-order valence-corrected chi connectivity index (χ4v) is 1.32. The first-order chi connectivity index (χ1) is 6.93. The van der Waals surface area contributed by atoms with E-state index in [2.05, 4.69) is 0 Å². The molecule has 0 radical (unpaired) electrons. The molecule has 0 aromatic heterocycles. The number of benzene rings is 1. The molecule has 0 aliphatic heterocycles. The number of aromatic carboxylic acids is 1. The van der Waals surface area contributed by atoms with Crippen LogP contribution >= 0.6 is 0 Å². The van der Waals surface area contributed by atoms with Crippen LogP contribution in [0.25, 0.3) is 0 Å². The van der Waals surface area contributed by atoms with E-state index in [1.165, 1.54) is 18.2 Å². The third-order valence-electron chi connectivity index (χ3n) is 2.09. The molecule has 1 aromatic rings. The second kappa shape index (κ2) is 4.08. The highest BCUT2D eigenvalue weighted by Crippen LogP contribution is 2.27. The average Bonchev–Trinajstić information content (AvgIpc) is 2.16. The zero-order valence-electron chi connectivity index (χ0n) is 8.43. The maximum Gasteiger partial charge on any atom is 0.335 e. The molecule has 0 atom stereocenters. The Labute approximate surface area is 86.5 Å². The van der Waals surface area contributed by atoms with Gasteiger partial charge >= 0.3 is 5.97 Å². The van der Waals surface area contributed by atoms with Gasteiger partial charge < -0.3 is 5.11 Å². The lowest BCUT2D eigenvalue weighted by molar-refractivity contribution is -0.385. The normalized spacial score (nSPS) is 10.3. The molecule has 0 heterocycles.